The topological polar surface area (TPSA) is 59.5 Å². The summed E-state index contributed by atoms with van der Waals surface area (Å²) in [6.07, 6.45) is 0.825. The number of carbonyl (C=O) groups excluding carboxylic acids is 2. The number of amides is 1. The van der Waals surface area contributed by atoms with Crippen LogP contribution >= 0.6 is 11.3 Å². The van der Waals surface area contributed by atoms with Crippen LogP contribution in [0.3, 0.4) is 0 Å². The summed E-state index contributed by atoms with van der Waals surface area (Å²) >= 11 is 1.63. The maximum absolute atomic E-state index is 12.7. The molecule has 28 heavy (non-hydrogen) atoms. The highest BCUT2D eigenvalue weighted by atomic mass is 32.1. The predicted molar refractivity (Wildman–Crippen MR) is 110 cm³/mol. The lowest BCUT2D eigenvalue weighted by molar-refractivity contribution is -0.120. The monoisotopic (exact) mass is 392 g/mol. The largest absolute Gasteiger partial charge is 0.484 e. The first-order chi connectivity index (χ1) is 13.5. The maximum Gasteiger partial charge on any atom is 0.264 e. The minimum absolute atomic E-state index is 0.00322. The third-order valence-corrected chi connectivity index (χ3v) is 5.59. The summed E-state index contributed by atoms with van der Waals surface area (Å²) in [4.78, 5) is 30.3. The summed E-state index contributed by atoms with van der Waals surface area (Å²) in [6.45, 7) is 4.13. The van der Waals surface area contributed by atoms with E-state index >= 15 is 0 Å². The van der Waals surface area contributed by atoms with Crippen LogP contribution < -0.4 is 9.64 Å². The SMILES string of the molecule is CC(=O)c1ccc(OCC(=O)N2CCc3cc(-c4csc(C)n4)ccc32)cc1. The van der Waals surface area contributed by atoms with Crippen LogP contribution in [0.4, 0.5) is 5.69 Å². The zero-order valence-corrected chi connectivity index (χ0v) is 16.6. The number of ether oxygens (including phenoxy) is 1. The van der Waals surface area contributed by atoms with Crippen molar-refractivity contribution in [1.82, 2.24) is 4.98 Å². The molecule has 0 N–H and O–H groups in total. The number of anilines is 1. The van der Waals surface area contributed by atoms with Crippen molar-refractivity contribution in [3.05, 3.63) is 64.0 Å². The van der Waals surface area contributed by atoms with Gasteiger partial charge in [-0.25, -0.2) is 4.98 Å². The number of hydrogen-bond acceptors (Lipinski definition) is 5. The Hall–Kier alpha value is -2.99. The normalized spacial score (nSPS) is 12.7. The van der Waals surface area contributed by atoms with Gasteiger partial charge in [0, 0.05) is 28.7 Å². The minimum Gasteiger partial charge on any atom is -0.484 e. The van der Waals surface area contributed by atoms with Crippen molar-refractivity contribution in [1.29, 1.82) is 0 Å². The van der Waals surface area contributed by atoms with Gasteiger partial charge in [-0.1, -0.05) is 6.07 Å². The van der Waals surface area contributed by atoms with Gasteiger partial charge in [0.15, 0.2) is 12.4 Å². The summed E-state index contributed by atoms with van der Waals surface area (Å²) in [5.74, 6) is 0.502. The fraction of sp³-hybridized carbons (Fsp3) is 0.227. The van der Waals surface area contributed by atoms with Crippen LogP contribution in [0.1, 0.15) is 27.9 Å². The summed E-state index contributed by atoms with van der Waals surface area (Å²) in [5, 5.41) is 3.10. The van der Waals surface area contributed by atoms with E-state index in [1.54, 1.807) is 40.5 Å². The molecule has 0 saturated heterocycles. The molecule has 142 valence electrons. The number of fused-ring (bicyclic) bond motifs is 1. The highest BCUT2D eigenvalue weighted by molar-refractivity contribution is 7.09. The van der Waals surface area contributed by atoms with Crippen LogP contribution in [0.15, 0.2) is 47.8 Å². The quantitative estimate of drug-likeness (QED) is 0.608. The van der Waals surface area contributed by atoms with Gasteiger partial charge in [-0.15, -0.1) is 11.3 Å². The number of rotatable bonds is 5. The smallest absolute Gasteiger partial charge is 0.264 e. The number of aromatic nitrogens is 1. The molecule has 0 aliphatic carbocycles. The van der Waals surface area contributed by atoms with Gasteiger partial charge in [-0.3, -0.25) is 9.59 Å². The number of Topliss-reactive ketones (excluding diaryl/α,β-unsaturated/α-hetero) is 1. The predicted octanol–water partition coefficient (Wildman–Crippen LogP) is 4.29. The van der Waals surface area contributed by atoms with Crippen molar-refractivity contribution < 1.29 is 14.3 Å². The highest BCUT2D eigenvalue weighted by Gasteiger charge is 2.25. The Bertz CT molecular complexity index is 1040. The first kappa shape index (κ1) is 18.4. The van der Waals surface area contributed by atoms with Gasteiger partial charge in [-0.2, -0.15) is 0 Å². The van der Waals surface area contributed by atoms with Gasteiger partial charge < -0.3 is 9.64 Å². The van der Waals surface area contributed by atoms with Crippen LogP contribution in [0.25, 0.3) is 11.3 Å². The molecule has 1 aromatic heterocycles. The third kappa shape index (κ3) is 3.68. The molecule has 1 amide bonds. The lowest BCUT2D eigenvalue weighted by Gasteiger charge is -2.18. The van der Waals surface area contributed by atoms with Gasteiger partial charge in [0.05, 0.1) is 10.7 Å². The average Bonchev–Trinajstić information content (AvgIpc) is 3.32. The molecule has 0 unspecified atom stereocenters. The van der Waals surface area contributed by atoms with Crippen molar-refractivity contribution in [3.8, 4) is 17.0 Å². The number of nitrogens with zero attached hydrogens (tertiary/aromatic N) is 2. The van der Waals surface area contributed by atoms with E-state index in [-0.39, 0.29) is 18.3 Å². The van der Waals surface area contributed by atoms with E-state index in [9.17, 15) is 9.59 Å². The molecule has 0 spiro atoms. The molecule has 6 heteroatoms. The summed E-state index contributed by atoms with van der Waals surface area (Å²) in [5.41, 5.74) is 4.78. The number of ketones is 1. The Labute approximate surface area is 167 Å². The Kier molecular flexibility index (Phi) is 4.96. The second kappa shape index (κ2) is 7.56. The summed E-state index contributed by atoms with van der Waals surface area (Å²) in [7, 11) is 0. The Morgan fingerprint density at radius 1 is 1.18 bits per heavy atom. The summed E-state index contributed by atoms with van der Waals surface area (Å²) in [6, 6.07) is 13.0. The molecule has 0 fully saturated rings. The molecule has 0 atom stereocenters. The minimum atomic E-state index is -0.0772. The molecule has 0 radical (unpaired) electrons. The molecule has 1 aliphatic rings. The van der Waals surface area contributed by atoms with E-state index in [2.05, 4.69) is 16.4 Å². The zero-order valence-electron chi connectivity index (χ0n) is 15.8. The van der Waals surface area contributed by atoms with Crippen LogP contribution in [0.2, 0.25) is 0 Å². The molecule has 5 nitrogen and oxygen atoms in total. The molecule has 3 aromatic rings. The third-order valence-electron chi connectivity index (χ3n) is 4.81. The standard InChI is InChI=1S/C22H20N2O3S/c1-14(25)16-3-6-19(7-4-16)27-12-22(26)24-10-9-18-11-17(5-8-21(18)24)20-13-28-15(2)23-20/h3-8,11,13H,9-10,12H2,1-2H3. The Morgan fingerprint density at radius 3 is 2.64 bits per heavy atom. The van der Waals surface area contributed by atoms with E-state index < -0.39 is 0 Å². The first-order valence-electron chi connectivity index (χ1n) is 9.11. The van der Waals surface area contributed by atoms with E-state index in [1.165, 1.54) is 6.92 Å². The van der Waals surface area contributed by atoms with E-state index in [0.717, 1.165) is 33.9 Å². The number of carbonyl (C=O) groups is 2. The second-order valence-corrected chi connectivity index (χ2v) is 7.82. The molecule has 1 aliphatic heterocycles. The van der Waals surface area contributed by atoms with Crippen molar-refractivity contribution in [2.24, 2.45) is 0 Å². The first-order valence-corrected chi connectivity index (χ1v) is 9.99. The number of hydrogen-bond donors (Lipinski definition) is 0. The summed E-state index contributed by atoms with van der Waals surface area (Å²) < 4.78 is 5.61. The molecule has 2 heterocycles. The zero-order chi connectivity index (χ0) is 19.7. The number of benzene rings is 2. The number of thiazole rings is 1. The van der Waals surface area contributed by atoms with Crippen LogP contribution in [0.5, 0.6) is 5.75 Å². The molecule has 0 bridgehead atoms. The van der Waals surface area contributed by atoms with Gasteiger partial charge >= 0.3 is 0 Å². The van der Waals surface area contributed by atoms with Crippen LogP contribution in [-0.2, 0) is 11.2 Å². The Morgan fingerprint density at radius 2 is 1.96 bits per heavy atom. The van der Waals surface area contributed by atoms with Crippen LogP contribution in [-0.4, -0.2) is 29.8 Å². The van der Waals surface area contributed by atoms with E-state index in [1.807, 2.05) is 19.1 Å². The Balaban J connectivity index is 1.43. The average molecular weight is 392 g/mol. The van der Waals surface area contributed by atoms with E-state index in [4.69, 9.17) is 4.74 Å². The number of aryl methyl sites for hydroxylation is 1. The van der Waals surface area contributed by atoms with Gasteiger partial charge in [0.25, 0.3) is 5.91 Å². The molecule has 2 aromatic carbocycles. The van der Waals surface area contributed by atoms with Gasteiger partial charge in [0.1, 0.15) is 5.75 Å². The fourth-order valence-corrected chi connectivity index (χ4v) is 3.95. The van der Waals surface area contributed by atoms with Crippen molar-refractivity contribution in [2.75, 3.05) is 18.1 Å². The van der Waals surface area contributed by atoms with Crippen molar-refractivity contribution in [3.63, 3.8) is 0 Å². The van der Waals surface area contributed by atoms with Crippen molar-refractivity contribution >= 4 is 28.7 Å². The molecular formula is C22H20N2O3S. The van der Waals surface area contributed by atoms with Crippen LogP contribution in [0, 0.1) is 6.92 Å². The molecule has 0 saturated carbocycles. The lowest BCUT2D eigenvalue weighted by Crippen LogP contribution is -2.33. The fourth-order valence-electron chi connectivity index (χ4n) is 3.33. The van der Waals surface area contributed by atoms with Crippen molar-refractivity contribution in [2.45, 2.75) is 20.3 Å². The molecule has 4 rings (SSSR count). The van der Waals surface area contributed by atoms with Gasteiger partial charge in [0.2, 0.25) is 0 Å². The molecular weight excluding hydrogens is 372 g/mol. The van der Waals surface area contributed by atoms with E-state index in [0.29, 0.717) is 17.9 Å². The second-order valence-electron chi connectivity index (χ2n) is 6.76. The maximum atomic E-state index is 12.7. The lowest BCUT2D eigenvalue weighted by atomic mass is 10.1. The highest BCUT2D eigenvalue weighted by Crippen LogP contribution is 2.32. The van der Waals surface area contributed by atoms with Gasteiger partial charge in [-0.05, 0) is 62.2 Å².